The van der Waals surface area contributed by atoms with Crippen LogP contribution < -0.4 is 10.6 Å². The number of benzene rings is 2. The van der Waals surface area contributed by atoms with E-state index in [2.05, 4.69) is 22.5 Å². The van der Waals surface area contributed by atoms with Gasteiger partial charge in [0.15, 0.2) is 0 Å². The molecule has 1 heterocycles. The van der Waals surface area contributed by atoms with E-state index in [-0.39, 0.29) is 5.82 Å². The molecular formula is C23H27Cl2FN4. The van der Waals surface area contributed by atoms with Crippen molar-refractivity contribution >= 4 is 45.9 Å². The predicted octanol–water partition coefficient (Wildman–Crippen LogP) is 6.82. The van der Waals surface area contributed by atoms with Crippen LogP contribution in [0.15, 0.2) is 30.3 Å². The lowest BCUT2D eigenvalue weighted by molar-refractivity contribution is 0.284. The largest absolute Gasteiger partial charge is 0.323 e. The predicted molar refractivity (Wildman–Crippen MR) is 123 cm³/mol. The summed E-state index contributed by atoms with van der Waals surface area (Å²) in [6, 6.07) is 9.15. The van der Waals surface area contributed by atoms with E-state index in [0.29, 0.717) is 45.3 Å². The molecule has 2 N–H and O–H groups in total. The van der Waals surface area contributed by atoms with Crippen LogP contribution in [0.4, 0.5) is 16.0 Å². The second kappa shape index (κ2) is 9.13. The number of fused-ring (bicyclic) bond motifs is 1. The van der Waals surface area contributed by atoms with Gasteiger partial charge in [-0.1, -0.05) is 42.6 Å². The summed E-state index contributed by atoms with van der Waals surface area (Å²) in [6.07, 6.45) is 6.11. The molecule has 0 atom stereocenters. The van der Waals surface area contributed by atoms with Crippen LogP contribution in [-0.2, 0) is 13.6 Å². The molecule has 4 rings (SSSR count). The smallest absolute Gasteiger partial charge is 0.208 e. The number of rotatable bonds is 6. The van der Waals surface area contributed by atoms with Crippen molar-refractivity contribution < 1.29 is 4.39 Å². The van der Waals surface area contributed by atoms with Crippen LogP contribution in [-0.4, -0.2) is 15.6 Å². The minimum absolute atomic E-state index is 0.220. The molecule has 160 valence electrons. The van der Waals surface area contributed by atoms with E-state index in [4.69, 9.17) is 23.2 Å². The highest BCUT2D eigenvalue weighted by molar-refractivity contribution is 6.39. The Morgan fingerprint density at radius 2 is 1.83 bits per heavy atom. The number of anilines is 2. The number of nitrogens with zero attached hydrogens (tertiary/aromatic N) is 2. The molecule has 1 aliphatic carbocycles. The molecule has 1 fully saturated rings. The normalized spacial score (nSPS) is 19.4. The van der Waals surface area contributed by atoms with E-state index in [0.717, 1.165) is 11.4 Å². The third kappa shape index (κ3) is 4.43. The standard InChI is InChI=1S/C23H27Cl2FN4/c1-3-14-7-9-16(10-8-14)27-13-15-11-20-21(12-19(15)26)30(2)23(28-20)29-22-17(24)5-4-6-18(22)25/h4-6,11-12,14,16,27H,3,7-10,13H2,1-2H3,(H,28,29). The number of halogens is 3. The highest BCUT2D eigenvalue weighted by Crippen LogP contribution is 2.33. The second-order valence-electron chi connectivity index (χ2n) is 8.16. The molecule has 0 unspecified atom stereocenters. The molecule has 0 aliphatic heterocycles. The number of para-hydroxylation sites is 1. The summed E-state index contributed by atoms with van der Waals surface area (Å²) in [5.74, 6) is 1.19. The SMILES string of the molecule is CCC1CCC(NCc2cc3nc(Nc4c(Cl)cccc4Cl)n(C)c3cc2F)CC1. The number of aryl methyl sites for hydroxylation is 1. The molecule has 2 aromatic carbocycles. The zero-order valence-corrected chi connectivity index (χ0v) is 18.8. The highest BCUT2D eigenvalue weighted by Gasteiger charge is 2.20. The van der Waals surface area contributed by atoms with Crippen molar-refractivity contribution in [2.75, 3.05) is 5.32 Å². The molecule has 30 heavy (non-hydrogen) atoms. The minimum atomic E-state index is -0.220. The van der Waals surface area contributed by atoms with Crippen LogP contribution in [0, 0.1) is 11.7 Å². The summed E-state index contributed by atoms with van der Waals surface area (Å²) in [5.41, 5.74) is 2.67. The average Bonchev–Trinajstić information content (AvgIpc) is 3.04. The number of nitrogens with one attached hydrogen (secondary N) is 2. The van der Waals surface area contributed by atoms with Crippen LogP contribution >= 0.6 is 23.2 Å². The van der Waals surface area contributed by atoms with E-state index in [1.807, 2.05) is 13.1 Å². The van der Waals surface area contributed by atoms with Gasteiger partial charge >= 0.3 is 0 Å². The van der Waals surface area contributed by atoms with Gasteiger partial charge in [-0.15, -0.1) is 0 Å². The molecule has 7 heteroatoms. The molecule has 4 nitrogen and oxygen atoms in total. The van der Waals surface area contributed by atoms with Crippen molar-refractivity contribution in [1.29, 1.82) is 0 Å². The molecule has 1 saturated carbocycles. The first-order chi connectivity index (χ1) is 14.5. The van der Waals surface area contributed by atoms with Gasteiger partial charge in [0.25, 0.3) is 0 Å². The molecule has 1 aromatic heterocycles. The molecule has 0 amide bonds. The lowest BCUT2D eigenvalue weighted by Crippen LogP contribution is -2.32. The van der Waals surface area contributed by atoms with E-state index in [1.54, 1.807) is 28.8 Å². The van der Waals surface area contributed by atoms with Gasteiger partial charge in [0.1, 0.15) is 5.82 Å². The van der Waals surface area contributed by atoms with Crippen LogP contribution in [0.25, 0.3) is 11.0 Å². The lowest BCUT2D eigenvalue weighted by Gasteiger charge is -2.28. The molecule has 0 spiro atoms. The van der Waals surface area contributed by atoms with E-state index in [1.165, 1.54) is 32.1 Å². The fourth-order valence-electron chi connectivity index (χ4n) is 4.26. The zero-order valence-electron chi connectivity index (χ0n) is 17.3. The van der Waals surface area contributed by atoms with Crippen molar-refractivity contribution in [3.63, 3.8) is 0 Å². The van der Waals surface area contributed by atoms with E-state index < -0.39 is 0 Å². The van der Waals surface area contributed by atoms with Crippen LogP contribution in [0.2, 0.25) is 10.0 Å². The molecular weight excluding hydrogens is 422 g/mol. The monoisotopic (exact) mass is 448 g/mol. The molecule has 1 aliphatic rings. The fraction of sp³-hybridized carbons (Fsp3) is 0.435. The van der Waals surface area contributed by atoms with Crippen LogP contribution in [0.1, 0.15) is 44.6 Å². The molecule has 0 radical (unpaired) electrons. The minimum Gasteiger partial charge on any atom is -0.323 e. The van der Waals surface area contributed by atoms with Crippen molar-refractivity contribution in [3.05, 3.63) is 51.8 Å². The summed E-state index contributed by atoms with van der Waals surface area (Å²) in [4.78, 5) is 4.65. The first kappa shape index (κ1) is 21.4. The van der Waals surface area contributed by atoms with Crippen LogP contribution in [0.3, 0.4) is 0 Å². The van der Waals surface area contributed by atoms with Gasteiger partial charge in [-0.05, 0) is 49.8 Å². The van der Waals surface area contributed by atoms with Gasteiger partial charge in [0, 0.05) is 31.3 Å². The maximum atomic E-state index is 14.8. The maximum absolute atomic E-state index is 14.8. The lowest BCUT2D eigenvalue weighted by atomic mass is 9.84. The Hall–Kier alpha value is -1.82. The van der Waals surface area contributed by atoms with E-state index >= 15 is 0 Å². The Morgan fingerprint density at radius 3 is 2.50 bits per heavy atom. The molecule has 3 aromatic rings. The average molecular weight is 449 g/mol. The van der Waals surface area contributed by atoms with Gasteiger partial charge < -0.3 is 15.2 Å². The molecule has 0 bridgehead atoms. The third-order valence-electron chi connectivity index (χ3n) is 6.25. The van der Waals surface area contributed by atoms with E-state index in [9.17, 15) is 4.39 Å². The Labute approximate surface area is 186 Å². The van der Waals surface area contributed by atoms with Gasteiger partial charge in [0.2, 0.25) is 5.95 Å². The first-order valence-corrected chi connectivity index (χ1v) is 11.3. The highest BCUT2D eigenvalue weighted by atomic mass is 35.5. The van der Waals surface area contributed by atoms with Crippen molar-refractivity contribution in [3.8, 4) is 0 Å². The quantitative estimate of drug-likeness (QED) is 0.434. The van der Waals surface area contributed by atoms with Crippen LogP contribution in [0.5, 0.6) is 0 Å². The van der Waals surface area contributed by atoms with Crippen molar-refractivity contribution in [1.82, 2.24) is 14.9 Å². The number of imidazole rings is 1. The topological polar surface area (TPSA) is 41.9 Å². The fourth-order valence-corrected chi connectivity index (χ4v) is 4.75. The third-order valence-corrected chi connectivity index (χ3v) is 6.88. The van der Waals surface area contributed by atoms with Gasteiger partial charge in [-0.25, -0.2) is 9.37 Å². The summed E-state index contributed by atoms with van der Waals surface area (Å²) in [5, 5.41) is 7.73. The number of aromatic nitrogens is 2. The Balaban J connectivity index is 1.52. The zero-order chi connectivity index (χ0) is 21.3. The summed E-state index contributed by atoms with van der Waals surface area (Å²) in [6.45, 7) is 2.78. The summed E-state index contributed by atoms with van der Waals surface area (Å²) < 4.78 is 16.6. The van der Waals surface area contributed by atoms with Crippen molar-refractivity contribution in [2.45, 2.75) is 51.6 Å². The van der Waals surface area contributed by atoms with Gasteiger partial charge in [-0.3, -0.25) is 0 Å². The van der Waals surface area contributed by atoms with Gasteiger partial charge in [0.05, 0.1) is 26.8 Å². The summed E-state index contributed by atoms with van der Waals surface area (Å²) in [7, 11) is 1.84. The van der Waals surface area contributed by atoms with Crippen molar-refractivity contribution in [2.24, 2.45) is 13.0 Å². The summed E-state index contributed by atoms with van der Waals surface area (Å²) >= 11 is 12.5. The maximum Gasteiger partial charge on any atom is 0.208 e. The Kier molecular flexibility index (Phi) is 6.51. The number of hydrogen-bond donors (Lipinski definition) is 2. The van der Waals surface area contributed by atoms with Gasteiger partial charge in [-0.2, -0.15) is 0 Å². The Bertz CT molecular complexity index is 1020. The second-order valence-corrected chi connectivity index (χ2v) is 8.97. The Morgan fingerprint density at radius 1 is 1.13 bits per heavy atom. The first-order valence-electron chi connectivity index (χ1n) is 10.6. The molecule has 0 saturated heterocycles. The number of hydrogen-bond acceptors (Lipinski definition) is 3.